The Morgan fingerprint density at radius 1 is 1.24 bits per heavy atom. The van der Waals surface area contributed by atoms with Crippen molar-refractivity contribution in [2.45, 2.75) is 32.2 Å². The van der Waals surface area contributed by atoms with Gasteiger partial charge in [0.05, 0.1) is 7.11 Å². The molecule has 0 aromatic heterocycles. The molecule has 3 N–H and O–H groups in total. The zero-order valence-electron chi connectivity index (χ0n) is 10.9. The standard InChI is InChI=1S/C14H24N2O/c1-3-14(16-11-5-4-10-15)12-6-8-13(17-2)9-7-12/h6-9,14,16H,3-5,10-11,15H2,1-2H3. The van der Waals surface area contributed by atoms with E-state index in [-0.39, 0.29) is 0 Å². The maximum absolute atomic E-state index is 5.48. The monoisotopic (exact) mass is 236 g/mol. The largest absolute Gasteiger partial charge is 0.497 e. The van der Waals surface area contributed by atoms with Gasteiger partial charge in [0, 0.05) is 6.04 Å². The number of methoxy groups -OCH3 is 1. The van der Waals surface area contributed by atoms with Crippen LogP contribution in [0.3, 0.4) is 0 Å². The van der Waals surface area contributed by atoms with Crippen molar-refractivity contribution in [2.75, 3.05) is 20.2 Å². The van der Waals surface area contributed by atoms with Gasteiger partial charge >= 0.3 is 0 Å². The minimum absolute atomic E-state index is 0.429. The van der Waals surface area contributed by atoms with Gasteiger partial charge in [0.1, 0.15) is 5.75 Å². The first kappa shape index (κ1) is 14.0. The Labute approximate surface area is 104 Å². The van der Waals surface area contributed by atoms with Crippen LogP contribution in [0.25, 0.3) is 0 Å². The third kappa shape index (κ3) is 4.75. The summed E-state index contributed by atoms with van der Waals surface area (Å²) in [4.78, 5) is 0. The first-order chi connectivity index (χ1) is 8.31. The maximum Gasteiger partial charge on any atom is 0.118 e. The Balaban J connectivity index is 2.47. The topological polar surface area (TPSA) is 47.3 Å². The van der Waals surface area contributed by atoms with Crippen LogP contribution in [-0.4, -0.2) is 20.2 Å². The summed E-state index contributed by atoms with van der Waals surface area (Å²) in [5, 5.41) is 3.56. The van der Waals surface area contributed by atoms with Gasteiger partial charge in [-0.2, -0.15) is 0 Å². The van der Waals surface area contributed by atoms with Crippen LogP contribution in [0, 0.1) is 0 Å². The summed E-state index contributed by atoms with van der Waals surface area (Å²) in [7, 11) is 1.69. The number of unbranched alkanes of at least 4 members (excludes halogenated alkanes) is 1. The van der Waals surface area contributed by atoms with Gasteiger partial charge in [-0.3, -0.25) is 0 Å². The quantitative estimate of drug-likeness (QED) is 0.682. The fraction of sp³-hybridized carbons (Fsp3) is 0.571. The summed E-state index contributed by atoms with van der Waals surface area (Å²) in [5.41, 5.74) is 6.80. The highest BCUT2D eigenvalue weighted by Gasteiger charge is 2.07. The molecule has 0 fully saturated rings. The highest BCUT2D eigenvalue weighted by atomic mass is 16.5. The minimum atomic E-state index is 0.429. The van der Waals surface area contributed by atoms with Crippen LogP contribution in [-0.2, 0) is 0 Å². The number of rotatable bonds is 8. The van der Waals surface area contributed by atoms with E-state index >= 15 is 0 Å². The fourth-order valence-corrected chi connectivity index (χ4v) is 1.88. The van der Waals surface area contributed by atoms with Crippen LogP contribution in [0.2, 0.25) is 0 Å². The van der Waals surface area contributed by atoms with Gasteiger partial charge in [0.25, 0.3) is 0 Å². The maximum atomic E-state index is 5.48. The Hall–Kier alpha value is -1.06. The number of hydrogen-bond donors (Lipinski definition) is 2. The molecule has 0 saturated heterocycles. The van der Waals surface area contributed by atoms with Crippen LogP contribution in [0.15, 0.2) is 24.3 Å². The van der Waals surface area contributed by atoms with E-state index in [4.69, 9.17) is 10.5 Å². The van der Waals surface area contributed by atoms with E-state index in [1.54, 1.807) is 7.11 Å². The van der Waals surface area contributed by atoms with E-state index in [0.717, 1.165) is 38.1 Å². The molecule has 3 nitrogen and oxygen atoms in total. The van der Waals surface area contributed by atoms with Gasteiger partial charge in [-0.1, -0.05) is 19.1 Å². The van der Waals surface area contributed by atoms with E-state index in [0.29, 0.717) is 6.04 Å². The number of nitrogens with two attached hydrogens (primary N) is 1. The van der Waals surface area contributed by atoms with Crippen LogP contribution in [0.4, 0.5) is 0 Å². The molecule has 1 atom stereocenters. The molecular formula is C14H24N2O. The number of benzene rings is 1. The van der Waals surface area contributed by atoms with Crippen LogP contribution in [0.5, 0.6) is 5.75 Å². The third-order valence-corrected chi connectivity index (χ3v) is 2.95. The van der Waals surface area contributed by atoms with Crippen LogP contribution < -0.4 is 15.8 Å². The van der Waals surface area contributed by atoms with Gasteiger partial charge in [-0.15, -0.1) is 0 Å². The predicted octanol–water partition coefficient (Wildman–Crippen LogP) is 2.47. The van der Waals surface area contributed by atoms with E-state index in [9.17, 15) is 0 Å². The van der Waals surface area contributed by atoms with Gasteiger partial charge in [0.15, 0.2) is 0 Å². The molecule has 0 bridgehead atoms. The molecule has 3 heteroatoms. The summed E-state index contributed by atoms with van der Waals surface area (Å²) in [6.45, 7) is 4.01. The molecule has 0 aliphatic carbocycles. The lowest BCUT2D eigenvalue weighted by molar-refractivity contribution is 0.414. The summed E-state index contributed by atoms with van der Waals surface area (Å²) in [6.07, 6.45) is 3.32. The van der Waals surface area contributed by atoms with Crippen molar-refractivity contribution in [1.29, 1.82) is 0 Å². The van der Waals surface area contributed by atoms with E-state index in [2.05, 4.69) is 24.4 Å². The predicted molar refractivity (Wildman–Crippen MR) is 72.3 cm³/mol. The van der Waals surface area contributed by atoms with Gasteiger partial charge < -0.3 is 15.8 Å². The molecular weight excluding hydrogens is 212 g/mol. The van der Waals surface area contributed by atoms with Crippen molar-refractivity contribution in [1.82, 2.24) is 5.32 Å². The normalized spacial score (nSPS) is 12.4. The summed E-state index contributed by atoms with van der Waals surface area (Å²) < 4.78 is 5.16. The second-order valence-corrected chi connectivity index (χ2v) is 4.18. The Morgan fingerprint density at radius 3 is 2.47 bits per heavy atom. The number of hydrogen-bond acceptors (Lipinski definition) is 3. The smallest absolute Gasteiger partial charge is 0.118 e. The molecule has 96 valence electrons. The lowest BCUT2D eigenvalue weighted by Crippen LogP contribution is -2.22. The van der Waals surface area contributed by atoms with Crippen LogP contribution >= 0.6 is 0 Å². The second-order valence-electron chi connectivity index (χ2n) is 4.18. The van der Waals surface area contributed by atoms with Crippen molar-refractivity contribution in [2.24, 2.45) is 5.73 Å². The third-order valence-electron chi connectivity index (χ3n) is 2.95. The molecule has 0 radical (unpaired) electrons. The SMILES string of the molecule is CCC(NCCCCN)c1ccc(OC)cc1. The van der Waals surface area contributed by atoms with Gasteiger partial charge in [-0.25, -0.2) is 0 Å². The minimum Gasteiger partial charge on any atom is -0.497 e. The molecule has 1 rings (SSSR count). The highest BCUT2D eigenvalue weighted by Crippen LogP contribution is 2.19. The van der Waals surface area contributed by atoms with Crippen molar-refractivity contribution in [3.05, 3.63) is 29.8 Å². The molecule has 1 aromatic rings. The Morgan fingerprint density at radius 2 is 1.94 bits per heavy atom. The molecule has 0 saturated carbocycles. The molecule has 1 unspecified atom stereocenters. The zero-order valence-corrected chi connectivity index (χ0v) is 10.9. The molecule has 0 aliphatic heterocycles. The average Bonchev–Trinajstić information content (AvgIpc) is 2.39. The first-order valence-electron chi connectivity index (χ1n) is 6.39. The van der Waals surface area contributed by atoms with E-state index in [1.165, 1.54) is 5.56 Å². The lowest BCUT2D eigenvalue weighted by atomic mass is 10.0. The highest BCUT2D eigenvalue weighted by molar-refractivity contribution is 5.29. The van der Waals surface area contributed by atoms with Crippen molar-refractivity contribution in [3.63, 3.8) is 0 Å². The molecule has 0 aliphatic rings. The summed E-state index contributed by atoms with van der Waals surface area (Å²) in [6, 6.07) is 8.71. The average molecular weight is 236 g/mol. The fourth-order valence-electron chi connectivity index (χ4n) is 1.88. The second kappa shape index (κ2) is 8.09. The zero-order chi connectivity index (χ0) is 12.5. The van der Waals surface area contributed by atoms with E-state index < -0.39 is 0 Å². The van der Waals surface area contributed by atoms with E-state index in [1.807, 2.05) is 12.1 Å². The summed E-state index contributed by atoms with van der Waals surface area (Å²) in [5.74, 6) is 0.909. The molecule has 0 heterocycles. The first-order valence-corrected chi connectivity index (χ1v) is 6.39. The molecule has 17 heavy (non-hydrogen) atoms. The Bertz CT molecular complexity index is 298. The van der Waals surface area contributed by atoms with Crippen molar-refractivity contribution >= 4 is 0 Å². The van der Waals surface area contributed by atoms with Crippen molar-refractivity contribution in [3.8, 4) is 5.75 Å². The number of nitrogens with one attached hydrogen (secondary N) is 1. The molecule has 1 aromatic carbocycles. The number of ether oxygens (including phenoxy) is 1. The van der Waals surface area contributed by atoms with Gasteiger partial charge in [-0.05, 0) is 50.0 Å². The Kier molecular flexibility index (Phi) is 6.67. The molecule has 0 spiro atoms. The molecule has 0 amide bonds. The lowest BCUT2D eigenvalue weighted by Gasteiger charge is -2.17. The van der Waals surface area contributed by atoms with Gasteiger partial charge in [0.2, 0.25) is 0 Å². The van der Waals surface area contributed by atoms with Crippen LogP contribution in [0.1, 0.15) is 37.8 Å². The summed E-state index contributed by atoms with van der Waals surface area (Å²) >= 11 is 0. The van der Waals surface area contributed by atoms with Crippen molar-refractivity contribution < 1.29 is 4.74 Å².